The van der Waals surface area contributed by atoms with Crippen molar-refractivity contribution in [3.63, 3.8) is 0 Å². The maximum absolute atomic E-state index is 9.89. The maximum Gasteiger partial charge on any atom is 0.128 e. The number of ether oxygens (including phenoxy) is 1. The molecule has 2 aromatic carbocycles. The van der Waals surface area contributed by atoms with Gasteiger partial charge in [-0.3, -0.25) is 4.99 Å². The van der Waals surface area contributed by atoms with Crippen LogP contribution >= 0.6 is 0 Å². The zero-order chi connectivity index (χ0) is 15.8. The summed E-state index contributed by atoms with van der Waals surface area (Å²) in [4.78, 5) is 4.40. The third-order valence-corrected chi connectivity index (χ3v) is 3.60. The van der Waals surface area contributed by atoms with Gasteiger partial charge in [-0.05, 0) is 42.7 Å². The summed E-state index contributed by atoms with van der Waals surface area (Å²) in [5.41, 5.74) is 2.90. The lowest BCUT2D eigenvalue weighted by molar-refractivity contribution is 0.407. The Kier molecular flexibility index (Phi) is 6.01. The van der Waals surface area contributed by atoms with Gasteiger partial charge in [0, 0.05) is 17.8 Å². The third kappa shape index (κ3) is 4.62. The van der Waals surface area contributed by atoms with Crippen molar-refractivity contribution in [2.75, 3.05) is 7.11 Å². The number of methoxy groups -OCH3 is 1. The highest BCUT2D eigenvalue weighted by molar-refractivity contribution is 5.85. The molecule has 0 bridgehead atoms. The van der Waals surface area contributed by atoms with E-state index >= 15 is 0 Å². The molecule has 0 heterocycles. The molecule has 0 fully saturated rings. The third-order valence-electron chi connectivity index (χ3n) is 3.60. The summed E-state index contributed by atoms with van der Waals surface area (Å²) in [6.07, 6.45) is 6.54. The van der Waals surface area contributed by atoms with Gasteiger partial charge in [-0.1, -0.05) is 31.9 Å². The molecule has 0 atom stereocenters. The fraction of sp³-hybridized carbons (Fsp3) is 0.316. The van der Waals surface area contributed by atoms with E-state index in [1.165, 1.54) is 24.8 Å². The second-order valence-corrected chi connectivity index (χ2v) is 5.31. The van der Waals surface area contributed by atoms with Crippen molar-refractivity contribution >= 4 is 11.9 Å². The van der Waals surface area contributed by atoms with E-state index in [-0.39, 0.29) is 5.75 Å². The van der Waals surface area contributed by atoms with Crippen LogP contribution in [-0.2, 0) is 6.42 Å². The summed E-state index contributed by atoms with van der Waals surface area (Å²) >= 11 is 0. The number of phenols is 1. The van der Waals surface area contributed by atoms with Gasteiger partial charge in [0.05, 0.1) is 12.8 Å². The molecule has 0 amide bonds. The van der Waals surface area contributed by atoms with Crippen LogP contribution in [0.4, 0.5) is 5.69 Å². The molecule has 0 aliphatic heterocycles. The SMILES string of the molecule is CCCCCc1ccc(N=Cc2ccc(OC)cc2O)cc1. The van der Waals surface area contributed by atoms with E-state index in [1.807, 2.05) is 12.1 Å². The first-order valence-corrected chi connectivity index (χ1v) is 7.73. The number of aryl methyl sites for hydroxylation is 1. The van der Waals surface area contributed by atoms with E-state index in [0.717, 1.165) is 12.1 Å². The van der Waals surface area contributed by atoms with Crippen LogP contribution in [0.25, 0.3) is 0 Å². The van der Waals surface area contributed by atoms with Crippen molar-refractivity contribution in [2.24, 2.45) is 4.99 Å². The zero-order valence-electron chi connectivity index (χ0n) is 13.2. The number of hydrogen-bond acceptors (Lipinski definition) is 3. The molecule has 2 aromatic rings. The van der Waals surface area contributed by atoms with Gasteiger partial charge >= 0.3 is 0 Å². The molecule has 3 heteroatoms. The van der Waals surface area contributed by atoms with Gasteiger partial charge in [-0.2, -0.15) is 0 Å². The Morgan fingerprint density at radius 3 is 2.50 bits per heavy atom. The molecule has 116 valence electrons. The van der Waals surface area contributed by atoms with E-state index in [9.17, 15) is 5.11 Å². The quantitative estimate of drug-likeness (QED) is 0.584. The van der Waals surface area contributed by atoms with E-state index < -0.39 is 0 Å². The molecular formula is C19H23NO2. The number of benzene rings is 2. The van der Waals surface area contributed by atoms with Crippen molar-refractivity contribution in [3.8, 4) is 11.5 Å². The highest BCUT2D eigenvalue weighted by Gasteiger charge is 2.00. The van der Waals surface area contributed by atoms with Crippen molar-refractivity contribution in [1.29, 1.82) is 0 Å². The molecule has 0 aliphatic rings. The number of aromatic hydroxyl groups is 1. The van der Waals surface area contributed by atoms with Gasteiger partial charge in [0.1, 0.15) is 11.5 Å². The fourth-order valence-corrected chi connectivity index (χ4v) is 2.23. The minimum absolute atomic E-state index is 0.166. The Balaban J connectivity index is 2.01. The Morgan fingerprint density at radius 2 is 1.86 bits per heavy atom. The van der Waals surface area contributed by atoms with E-state index in [4.69, 9.17) is 4.74 Å². The summed E-state index contributed by atoms with van der Waals surface area (Å²) in [5.74, 6) is 0.797. The highest BCUT2D eigenvalue weighted by Crippen LogP contribution is 2.23. The molecular weight excluding hydrogens is 274 g/mol. The van der Waals surface area contributed by atoms with Gasteiger partial charge in [0.2, 0.25) is 0 Å². The van der Waals surface area contributed by atoms with E-state index in [0.29, 0.717) is 11.3 Å². The van der Waals surface area contributed by atoms with Gasteiger partial charge in [0.25, 0.3) is 0 Å². The predicted molar refractivity (Wildman–Crippen MR) is 91.6 cm³/mol. The monoisotopic (exact) mass is 297 g/mol. The van der Waals surface area contributed by atoms with Crippen LogP contribution in [0, 0.1) is 0 Å². The standard InChI is InChI=1S/C19H23NO2/c1-3-4-5-6-15-7-10-17(11-8-15)20-14-16-9-12-18(22-2)13-19(16)21/h7-14,21H,3-6H2,1-2H3. The van der Waals surface area contributed by atoms with Crippen LogP contribution in [0.1, 0.15) is 37.3 Å². The predicted octanol–water partition coefficient (Wildman–Crippen LogP) is 4.88. The van der Waals surface area contributed by atoms with Crippen molar-refractivity contribution < 1.29 is 9.84 Å². The smallest absolute Gasteiger partial charge is 0.128 e. The first-order valence-electron chi connectivity index (χ1n) is 7.73. The Labute approximate surface area is 132 Å². The number of hydrogen-bond donors (Lipinski definition) is 1. The summed E-state index contributed by atoms with van der Waals surface area (Å²) in [6.45, 7) is 2.21. The maximum atomic E-state index is 9.89. The Morgan fingerprint density at radius 1 is 1.09 bits per heavy atom. The molecule has 0 saturated heterocycles. The van der Waals surface area contributed by atoms with Gasteiger partial charge < -0.3 is 9.84 Å². The normalized spacial score (nSPS) is 11.0. The molecule has 0 radical (unpaired) electrons. The number of aliphatic imine (C=N–C) groups is 1. The van der Waals surface area contributed by atoms with Crippen LogP contribution in [0.15, 0.2) is 47.5 Å². The van der Waals surface area contributed by atoms with Crippen molar-refractivity contribution in [1.82, 2.24) is 0 Å². The van der Waals surface area contributed by atoms with E-state index in [2.05, 4.69) is 24.0 Å². The summed E-state index contributed by atoms with van der Waals surface area (Å²) in [6, 6.07) is 13.4. The van der Waals surface area contributed by atoms with Crippen molar-refractivity contribution in [3.05, 3.63) is 53.6 Å². The minimum Gasteiger partial charge on any atom is -0.507 e. The molecule has 0 saturated carbocycles. The first-order chi connectivity index (χ1) is 10.7. The molecule has 1 N–H and O–H groups in total. The minimum atomic E-state index is 0.166. The number of rotatable bonds is 7. The molecule has 0 aliphatic carbocycles. The van der Waals surface area contributed by atoms with Gasteiger partial charge in [-0.25, -0.2) is 0 Å². The summed E-state index contributed by atoms with van der Waals surface area (Å²) < 4.78 is 5.06. The Bertz CT molecular complexity index is 618. The van der Waals surface area contributed by atoms with Gasteiger partial charge in [-0.15, -0.1) is 0 Å². The number of phenolic OH excluding ortho intramolecular Hbond substituents is 1. The van der Waals surface area contributed by atoms with Crippen LogP contribution < -0.4 is 4.74 Å². The zero-order valence-corrected chi connectivity index (χ0v) is 13.2. The molecule has 2 rings (SSSR count). The van der Waals surface area contributed by atoms with Crippen molar-refractivity contribution in [2.45, 2.75) is 32.6 Å². The van der Waals surface area contributed by atoms with Crippen LogP contribution in [0.2, 0.25) is 0 Å². The number of nitrogens with zero attached hydrogens (tertiary/aromatic N) is 1. The first kappa shape index (κ1) is 16.1. The summed E-state index contributed by atoms with van der Waals surface area (Å²) in [5, 5.41) is 9.89. The molecule has 0 aromatic heterocycles. The van der Waals surface area contributed by atoms with Crippen LogP contribution in [-0.4, -0.2) is 18.4 Å². The summed E-state index contributed by atoms with van der Waals surface area (Å²) in [7, 11) is 1.57. The largest absolute Gasteiger partial charge is 0.507 e. The second kappa shape index (κ2) is 8.23. The van der Waals surface area contributed by atoms with E-state index in [1.54, 1.807) is 31.5 Å². The second-order valence-electron chi connectivity index (χ2n) is 5.31. The van der Waals surface area contributed by atoms with Gasteiger partial charge in [0.15, 0.2) is 0 Å². The Hall–Kier alpha value is -2.29. The van der Waals surface area contributed by atoms with Crippen LogP contribution in [0.3, 0.4) is 0 Å². The molecule has 0 unspecified atom stereocenters. The molecule has 0 spiro atoms. The topological polar surface area (TPSA) is 41.8 Å². The molecule has 3 nitrogen and oxygen atoms in total. The highest BCUT2D eigenvalue weighted by atomic mass is 16.5. The van der Waals surface area contributed by atoms with Crippen LogP contribution in [0.5, 0.6) is 11.5 Å². The fourth-order valence-electron chi connectivity index (χ4n) is 2.23. The lowest BCUT2D eigenvalue weighted by atomic mass is 10.1. The lowest BCUT2D eigenvalue weighted by Gasteiger charge is -2.03. The number of unbranched alkanes of at least 4 members (excludes halogenated alkanes) is 2. The molecule has 22 heavy (non-hydrogen) atoms. The average Bonchev–Trinajstić information content (AvgIpc) is 2.55. The lowest BCUT2D eigenvalue weighted by Crippen LogP contribution is -1.86. The average molecular weight is 297 g/mol.